The number of methoxy groups -OCH3 is 2. The molecule has 0 spiro atoms. The van der Waals surface area contributed by atoms with Crippen molar-refractivity contribution in [2.75, 3.05) is 25.3 Å². The highest BCUT2D eigenvalue weighted by molar-refractivity contribution is 5.94. The first-order chi connectivity index (χ1) is 10.1. The van der Waals surface area contributed by atoms with Crippen LogP contribution in [0.4, 0.5) is 11.4 Å². The summed E-state index contributed by atoms with van der Waals surface area (Å²) in [6, 6.07) is 12.5. The Hall–Kier alpha value is -2.69. The Kier molecular flexibility index (Phi) is 4.66. The monoisotopic (exact) mass is 286 g/mol. The third-order valence-corrected chi connectivity index (χ3v) is 3.02. The highest BCUT2D eigenvalue weighted by Gasteiger charge is 2.09. The van der Waals surface area contributed by atoms with Crippen molar-refractivity contribution in [3.05, 3.63) is 48.0 Å². The largest absolute Gasteiger partial charge is 0.497 e. The Bertz CT molecular complexity index is 624. The molecule has 0 radical (unpaired) electrons. The predicted molar refractivity (Wildman–Crippen MR) is 82.7 cm³/mol. The van der Waals surface area contributed by atoms with Crippen LogP contribution in [0.25, 0.3) is 0 Å². The molecule has 0 fully saturated rings. The van der Waals surface area contributed by atoms with Gasteiger partial charge >= 0.3 is 0 Å². The molecule has 5 heteroatoms. The van der Waals surface area contributed by atoms with Gasteiger partial charge in [0.2, 0.25) is 5.91 Å². The first kappa shape index (κ1) is 14.7. The van der Waals surface area contributed by atoms with Crippen LogP contribution in [0.5, 0.6) is 11.5 Å². The zero-order chi connectivity index (χ0) is 15.2. The standard InChI is InChI=1S/C16H18N2O3/c1-20-13-6-3-11(4-7-13)9-16(19)18-14-8-5-12(17)10-15(14)21-2/h3-8,10H,9,17H2,1-2H3,(H,18,19). The van der Waals surface area contributed by atoms with Gasteiger partial charge in [0.25, 0.3) is 0 Å². The maximum Gasteiger partial charge on any atom is 0.228 e. The smallest absolute Gasteiger partial charge is 0.228 e. The summed E-state index contributed by atoms with van der Waals surface area (Å²) in [7, 11) is 3.14. The maximum absolute atomic E-state index is 12.1. The van der Waals surface area contributed by atoms with Gasteiger partial charge in [-0.2, -0.15) is 0 Å². The van der Waals surface area contributed by atoms with Crippen LogP contribution in [0, 0.1) is 0 Å². The first-order valence-corrected chi connectivity index (χ1v) is 6.48. The first-order valence-electron chi connectivity index (χ1n) is 6.48. The third-order valence-electron chi connectivity index (χ3n) is 3.02. The molecule has 0 atom stereocenters. The van der Waals surface area contributed by atoms with Crippen molar-refractivity contribution in [1.29, 1.82) is 0 Å². The molecule has 2 aromatic carbocycles. The molecule has 0 saturated heterocycles. The molecule has 0 heterocycles. The van der Waals surface area contributed by atoms with E-state index < -0.39 is 0 Å². The van der Waals surface area contributed by atoms with Gasteiger partial charge in [-0.15, -0.1) is 0 Å². The fourth-order valence-electron chi connectivity index (χ4n) is 1.93. The predicted octanol–water partition coefficient (Wildman–Crippen LogP) is 2.47. The van der Waals surface area contributed by atoms with E-state index in [4.69, 9.17) is 15.2 Å². The van der Waals surface area contributed by atoms with Gasteiger partial charge in [0.05, 0.1) is 26.3 Å². The average molecular weight is 286 g/mol. The number of ether oxygens (including phenoxy) is 2. The van der Waals surface area contributed by atoms with E-state index in [0.29, 0.717) is 17.1 Å². The Balaban J connectivity index is 2.04. The highest BCUT2D eigenvalue weighted by atomic mass is 16.5. The summed E-state index contributed by atoms with van der Waals surface area (Å²) in [5.41, 5.74) is 7.77. The third kappa shape index (κ3) is 3.89. The van der Waals surface area contributed by atoms with E-state index in [2.05, 4.69) is 5.32 Å². The number of carbonyl (C=O) groups excluding carboxylic acids is 1. The van der Waals surface area contributed by atoms with Crippen molar-refractivity contribution < 1.29 is 14.3 Å². The van der Waals surface area contributed by atoms with E-state index in [1.54, 1.807) is 25.3 Å². The fourth-order valence-corrected chi connectivity index (χ4v) is 1.93. The van der Waals surface area contributed by atoms with Crippen LogP contribution in [-0.2, 0) is 11.2 Å². The fraction of sp³-hybridized carbons (Fsp3) is 0.188. The minimum atomic E-state index is -0.122. The number of rotatable bonds is 5. The molecule has 1 amide bonds. The lowest BCUT2D eigenvalue weighted by Gasteiger charge is -2.11. The molecule has 2 rings (SSSR count). The summed E-state index contributed by atoms with van der Waals surface area (Å²) in [6.45, 7) is 0. The molecule has 0 bridgehead atoms. The van der Waals surface area contributed by atoms with Crippen LogP contribution >= 0.6 is 0 Å². The van der Waals surface area contributed by atoms with Crippen molar-refractivity contribution in [2.24, 2.45) is 0 Å². The van der Waals surface area contributed by atoms with E-state index in [1.807, 2.05) is 24.3 Å². The second-order valence-electron chi connectivity index (χ2n) is 4.53. The SMILES string of the molecule is COc1ccc(CC(=O)Nc2ccc(N)cc2OC)cc1. The molecule has 0 aliphatic carbocycles. The summed E-state index contributed by atoms with van der Waals surface area (Å²) in [6.07, 6.45) is 0.275. The number of anilines is 2. The average Bonchev–Trinajstić information content (AvgIpc) is 2.49. The second-order valence-corrected chi connectivity index (χ2v) is 4.53. The van der Waals surface area contributed by atoms with Crippen molar-refractivity contribution in [3.8, 4) is 11.5 Å². The van der Waals surface area contributed by atoms with Gasteiger partial charge in [0, 0.05) is 11.8 Å². The number of benzene rings is 2. The Morgan fingerprint density at radius 2 is 1.81 bits per heavy atom. The van der Waals surface area contributed by atoms with Crippen molar-refractivity contribution >= 4 is 17.3 Å². The Morgan fingerprint density at radius 3 is 2.43 bits per heavy atom. The molecule has 0 aromatic heterocycles. The minimum Gasteiger partial charge on any atom is -0.497 e. The molecule has 2 aromatic rings. The van der Waals surface area contributed by atoms with E-state index >= 15 is 0 Å². The van der Waals surface area contributed by atoms with Crippen molar-refractivity contribution in [3.63, 3.8) is 0 Å². The number of nitrogens with two attached hydrogens (primary N) is 1. The van der Waals surface area contributed by atoms with Gasteiger partial charge in [0.15, 0.2) is 0 Å². The van der Waals surface area contributed by atoms with E-state index in [1.165, 1.54) is 7.11 Å². The van der Waals surface area contributed by atoms with Crippen LogP contribution in [-0.4, -0.2) is 20.1 Å². The Labute approximate surface area is 123 Å². The van der Waals surface area contributed by atoms with E-state index in [-0.39, 0.29) is 12.3 Å². The molecule has 0 saturated carbocycles. The lowest BCUT2D eigenvalue weighted by Crippen LogP contribution is -2.15. The number of nitrogen functional groups attached to an aromatic ring is 1. The summed E-state index contributed by atoms with van der Waals surface area (Å²) in [5, 5.41) is 2.82. The zero-order valence-corrected chi connectivity index (χ0v) is 12.1. The topological polar surface area (TPSA) is 73.6 Å². The van der Waals surface area contributed by atoms with Crippen LogP contribution in [0.15, 0.2) is 42.5 Å². The van der Waals surface area contributed by atoms with Crippen molar-refractivity contribution in [2.45, 2.75) is 6.42 Å². The minimum absolute atomic E-state index is 0.122. The summed E-state index contributed by atoms with van der Waals surface area (Å²) < 4.78 is 10.3. The second kappa shape index (κ2) is 6.65. The molecule has 0 aliphatic rings. The summed E-state index contributed by atoms with van der Waals surface area (Å²) >= 11 is 0. The summed E-state index contributed by atoms with van der Waals surface area (Å²) in [4.78, 5) is 12.1. The van der Waals surface area contributed by atoms with Gasteiger partial charge in [-0.3, -0.25) is 4.79 Å². The molecule has 21 heavy (non-hydrogen) atoms. The molecule has 5 nitrogen and oxygen atoms in total. The lowest BCUT2D eigenvalue weighted by atomic mass is 10.1. The number of nitrogens with one attached hydrogen (secondary N) is 1. The quantitative estimate of drug-likeness (QED) is 0.828. The highest BCUT2D eigenvalue weighted by Crippen LogP contribution is 2.26. The van der Waals surface area contributed by atoms with Crippen LogP contribution in [0.1, 0.15) is 5.56 Å². The summed E-state index contributed by atoms with van der Waals surface area (Å²) in [5.74, 6) is 1.18. The van der Waals surface area contributed by atoms with Crippen LogP contribution in [0.3, 0.4) is 0 Å². The molecule has 0 aliphatic heterocycles. The number of hydrogen-bond donors (Lipinski definition) is 2. The molecular weight excluding hydrogens is 268 g/mol. The van der Waals surface area contributed by atoms with Gasteiger partial charge in [-0.25, -0.2) is 0 Å². The van der Waals surface area contributed by atoms with Gasteiger partial charge in [0.1, 0.15) is 11.5 Å². The number of carbonyl (C=O) groups is 1. The van der Waals surface area contributed by atoms with E-state index in [9.17, 15) is 4.79 Å². The van der Waals surface area contributed by atoms with Gasteiger partial charge < -0.3 is 20.5 Å². The molecular formula is C16H18N2O3. The van der Waals surface area contributed by atoms with E-state index in [0.717, 1.165) is 11.3 Å². The van der Waals surface area contributed by atoms with Gasteiger partial charge in [-0.05, 0) is 29.8 Å². The molecule has 110 valence electrons. The molecule has 0 unspecified atom stereocenters. The molecule has 3 N–H and O–H groups in total. The maximum atomic E-state index is 12.1. The van der Waals surface area contributed by atoms with Gasteiger partial charge in [-0.1, -0.05) is 12.1 Å². The lowest BCUT2D eigenvalue weighted by molar-refractivity contribution is -0.115. The van der Waals surface area contributed by atoms with Crippen LogP contribution in [0.2, 0.25) is 0 Å². The number of hydrogen-bond acceptors (Lipinski definition) is 4. The van der Waals surface area contributed by atoms with Crippen molar-refractivity contribution in [1.82, 2.24) is 0 Å². The normalized spacial score (nSPS) is 10.0. The zero-order valence-electron chi connectivity index (χ0n) is 12.1. The number of amides is 1. The Morgan fingerprint density at radius 1 is 1.10 bits per heavy atom. The van der Waals surface area contributed by atoms with Crippen LogP contribution < -0.4 is 20.5 Å².